The highest BCUT2D eigenvalue weighted by molar-refractivity contribution is 14.1. The summed E-state index contributed by atoms with van der Waals surface area (Å²) in [5.41, 5.74) is 0. The standard InChI is InChI=1S/C11H21IO2/c1-2-3-9-13-11-14-10-7-5-4-6-8-12/h4-5H,2-3,6-11H2,1H3/b5-4-. The smallest absolute Gasteiger partial charge is 0.146 e. The maximum atomic E-state index is 5.29. The number of alkyl halides is 1. The van der Waals surface area contributed by atoms with Crippen LogP contribution >= 0.6 is 22.6 Å². The van der Waals surface area contributed by atoms with Gasteiger partial charge in [-0.3, -0.25) is 0 Å². The minimum absolute atomic E-state index is 0.445. The molecule has 0 aliphatic heterocycles. The fourth-order valence-electron chi connectivity index (χ4n) is 0.873. The summed E-state index contributed by atoms with van der Waals surface area (Å²) < 4.78 is 11.7. The molecule has 0 amide bonds. The van der Waals surface area contributed by atoms with Crippen LogP contribution in [0.25, 0.3) is 0 Å². The van der Waals surface area contributed by atoms with Crippen molar-refractivity contribution < 1.29 is 9.47 Å². The number of allylic oxidation sites excluding steroid dienone is 1. The van der Waals surface area contributed by atoms with Crippen LogP contribution in [0.5, 0.6) is 0 Å². The fourth-order valence-corrected chi connectivity index (χ4v) is 1.23. The molecule has 2 nitrogen and oxygen atoms in total. The van der Waals surface area contributed by atoms with E-state index in [1.165, 1.54) is 10.8 Å². The van der Waals surface area contributed by atoms with E-state index in [4.69, 9.17) is 9.47 Å². The Kier molecular flexibility index (Phi) is 13.8. The van der Waals surface area contributed by atoms with Crippen molar-refractivity contribution in [2.24, 2.45) is 0 Å². The lowest BCUT2D eigenvalue weighted by atomic mass is 10.3. The molecule has 0 atom stereocenters. The highest BCUT2D eigenvalue weighted by Gasteiger charge is 1.87. The lowest BCUT2D eigenvalue weighted by Crippen LogP contribution is -2.02. The van der Waals surface area contributed by atoms with Gasteiger partial charge in [-0.05, 0) is 19.3 Å². The van der Waals surface area contributed by atoms with Crippen molar-refractivity contribution in [1.82, 2.24) is 0 Å². The lowest BCUT2D eigenvalue weighted by molar-refractivity contribution is -0.0528. The summed E-state index contributed by atoms with van der Waals surface area (Å²) in [5, 5.41) is 0. The Balaban J connectivity index is 2.91. The fraction of sp³-hybridized carbons (Fsp3) is 0.818. The molecule has 0 aromatic rings. The third-order valence-corrected chi connectivity index (χ3v) is 2.30. The van der Waals surface area contributed by atoms with Gasteiger partial charge >= 0.3 is 0 Å². The number of rotatable bonds is 10. The van der Waals surface area contributed by atoms with Crippen molar-refractivity contribution in [1.29, 1.82) is 0 Å². The zero-order valence-corrected chi connectivity index (χ0v) is 11.2. The van der Waals surface area contributed by atoms with Crippen LogP contribution in [-0.2, 0) is 9.47 Å². The van der Waals surface area contributed by atoms with Gasteiger partial charge in [-0.2, -0.15) is 0 Å². The first-order valence-corrected chi connectivity index (χ1v) is 6.80. The van der Waals surface area contributed by atoms with Crippen molar-refractivity contribution in [3.63, 3.8) is 0 Å². The summed E-state index contributed by atoms with van der Waals surface area (Å²) in [7, 11) is 0. The molecule has 0 spiro atoms. The third-order valence-electron chi connectivity index (χ3n) is 1.68. The van der Waals surface area contributed by atoms with Crippen LogP contribution in [0.15, 0.2) is 12.2 Å². The Bertz CT molecular complexity index is 126. The second-order valence-electron chi connectivity index (χ2n) is 3.03. The van der Waals surface area contributed by atoms with Crippen molar-refractivity contribution >= 4 is 22.6 Å². The van der Waals surface area contributed by atoms with Crippen molar-refractivity contribution in [3.05, 3.63) is 12.2 Å². The highest BCUT2D eigenvalue weighted by Crippen LogP contribution is 1.93. The number of ether oxygens (including phenoxy) is 2. The minimum atomic E-state index is 0.445. The van der Waals surface area contributed by atoms with E-state index < -0.39 is 0 Å². The number of unbranched alkanes of at least 4 members (excludes halogenated alkanes) is 1. The van der Waals surface area contributed by atoms with Crippen LogP contribution in [0.4, 0.5) is 0 Å². The van der Waals surface area contributed by atoms with E-state index in [1.807, 2.05) is 0 Å². The van der Waals surface area contributed by atoms with Gasteiger partial charge in [0.2, 0.25) is 0 Å². The van der Waals surface area contributed by atoms with Gasteiger partial charge < -0.3 is 9.47 Å². The van der Waals surface area contributed by atoms with Crippen molar-refractivity contribution in [2.45, 2.75) is 32.6 Å². The summed E-state index contributed by atoms with van der Waals surface area (Å²) in [4.78, 5) is 0. The summed E-state index contributed by atoms with van der Waals surface area (Å²) in [6.45, 7) is 4.19. The monoisotopic (exact) mass is 312 g/mol. The van der Waals surface area contributed by atoms with E-state index in [0.29, 0.717) is 6.79 Å². The number of hydrogen-bond acceptors (Lipinski definition) is 2. The van der Waals surface area contributed by atoms with Crippen LogP contribution in [0.1, 0.15) is 32.6 Å². The molecule has 0 bridgehead atoms. The Hall–Kier alpha value is 0.390. The van der Waals surface area contributed by atoms with Gasteiger partial charge in [0, 0.05) is 11.0 Å². The molecule has 0 saturated carbocycles. The largest absolute Gasteiger partial charge is 0.355 e. The van der Waals surface area contributed by atoms with Gasteiger partial charge in [-0.15, -0.1) is 0 Å². The summed E-state index contributed by atoms with van der Waals surface area (Å²) >= 11 is 2.37. The Labute approximate surface area is 101 Å². The summed E-state index contributed by atoms with van der Waals surface area (Å²) in [5.74, 6) is 0. The zero-order chi connectivity index (χ0) is 10.5. The van der Waals surface area contributed by atoms with E-state index in [9.17, 15) is 0 Å². The van der Waals surface area contributed by atoms with Gasteiger partial charge in [0.05, 0.1) is 6.61 Å². The Morgan fingerprint density at radius 1 is 1.07 bits per heavy atom. The van der Waals surface area contributed by atoms with Gasteiger partial charge in [0.1, 0.15) is 6.79 Å². The third kappa shape index (κ3) is 12.4. The van der Waals surface area contributed by atoms with Gasteiger partial charge in [0.15, 0.2) is 0 Å². The summed E-state index contributed by atoms with van der Waals surface area (Å²) in [6.07, 6.45) is 8.83. The number of halogens is 1. The van der Waals surface area contributed by atoms with Gasteiger partial charge in [-0.1, -0.05) is 48.1 Å². The topological polar surface area (TPSA) is 18.5 Å². The van der Waals surface area contributed by atoms with Crippen LogP contribution in [-0.4, -0.2) is 24.4 Å². The average molecular weight is 312 g/mol. The molecule has 0 saturated heterocycles. The summed E-state index contributed by atoms with van der Waals surface area (Å²) in [6, 6.07) is 0. The molecule has 0 heterocycles. The predicted octanol–water partition coefficient (Wildman–Crippen LogP) is 3.55. The minimum Gasteiger partial charge on any atom is -0.355 e. The van der Waals surface area contributed by atoms with E-state index in [2.05, 4.69) is 41.7 Å². The first-order valence-electron chi connectivity index (χ1n) is 5.28. The molecule has 0 fully saturated rings. The van der Waals surface area contributed by atoms with Crippen LogP contribution in [0.3, 0.4) is 0 Å². The first-order chi connectivity index (χ1) is 6.91. The maximum absolute atomic E-state index is 5.29. The van der Waals surface area contributed by atoms with Crippen LogP contribution in [0.2, 0.25) is 0 Å². The van der Waals surface area contributed by atoms with E-state index >= 15 is 0 Å². The molecule has 0 aliphatic rings. The molecule has 0 radical (unpaired) electrons. The van der Waals surface area contributed by atoms with Crippen molar-refractivity contribution in [3.8, 4) is 0 Å². The molecule has 3 heteroatoms. The number of hydrogen-bond donors (Lipinski definition) is 0. The van der Waals surface area contributed by atoms with E-state index in [0.717, 1.165) is 32.5 Å². The normalized spacial score (nSPS) is 11.3. The molecule has 0 rings (SSSR count). The SMILES string of the molecule is CCCCOCOCC/C=C\CCI. The average Bonchev–Trinajstić information content (AvgIpc) is 2.21. The van der Waals surface area contributed by atoms with Gasteiger partial charge in [-0.25, -0.2) is 0 Å². The highest BCUT2D eigenvalue weighted by atomic mass is 127. The molecule has 0 N–H and O–H groups in total. The molecular formula is C11H21IO2. The molecular weight excluding hydrogens is 291 g/mol. The van der Waals surface area contributed by atoms with Gasteiger partial charge in [0.25, 0.3) is 0 Å². The molecule has 0 aromatic heterocycles. The van der Waals surface area contributed by atoms with E-state index in [-0.39, 0.29) is 0 Å². The lowest BCUT2D eigenvalue weighted by Gasteiger charge is -2.03. The predicted molar refractivity (Wildman–Crippen MR) is 68.9 cm³/mol. The quantitative estimate of drug-likeness (QED) is 0.202. The van der Waals surface area contributed by atoms with Crippen LogP contribution in [0, 0.1) is 0 Å². The molecule has 14 heavy (non-hydrogen) atoms. The zero-order valence-electron chi connectivity index (χ0n) is 9.01. The van der Waals surface area contributed by atoms with Crippen LogP contribution < -0.4 is 0 Å². The molecule has 0 aromatic carbocycles. The second kappa shape index (κ2) is 13.4. The first kappa shape index (κ1) is 14.4. The Morgan fingerprint density at radius 2 is 1.79 bits per heavy atom. The molecule has 84 valence electrons. The van der Waals surface area contributed by atoms with E-state index in [1.54, 1.807) is 0 Å². The molecule has 0 aliphatic carbocycles. The Morgan fingerprint density at radius 3 is 2.50 bits per heavy atom. The second-order valence-corrected chi connectivity index (χ2v) is 4.10. The van der Waals surface area contributed by atoms with Crippen molar-refractivity contribution in [2.75, 3.05) is 24.4 Å². The maximum Gasteiger partial charge on any atom is 0.146 e. The molecule has 0 unspecified atom stereocenters.